The molecule has 0 spiro atoms. The predicted octanol–water partition coefficient (Wildman–Crippen LogP) is 2.38. The lowest BCUT2D eigenvalue weighted by Gasteiger charge is -2.42. The third kappa shape index (κ3) is 3.93. The van der Waals surface area contributed by atoms with E-state index in [-0.39, 0.29) is 54.1 Å². The number of nitrogens with one attached hydrogen (secondary N) is 1. The Labute approximate surface area is 197 Å². The monoisotopic (exact) mass is 493 g/mol. The van der Waals surface area contributed by atoms with Crippen LogP contribution in [0.15, 0.2) is 30.5 Å². The zero-order valence-electron chi connectivity index (χ0n) is 18.5. The van der Waals surface area contributed by atoms with Crippen LogP contribution in [0.4, 0.5) is 22.4 Å². The van der Waals surface area contributed by atoms with Crippen molar-refractivity contribution in [2.45, 2.75) is 30.7 Å². The van der Waals surface area contributed by atoms with E-state index in [0.717, 1.165) is 17.8 Å². The SMILES string of the molecule is O=C1CO[C@H]2CCN(C(=O)N3C[C@@H]4[C@H](C3)[C@H]4c3ccn(-c4ccc(F)c(C(F)(F)F)c4)n3)C[C@H]2N1. The number of amides is 3. The first-order valence-electron chi connectivity index (χ1n) is 11.6. The highest BCUT2D eigenvalue weighted by molar-refractivity contribution is 5.79. The topological polar surface area (TPSA) is 79.7 Å². The number of urea groups is 1. The molecule has 1 aromatic carbocycles. The zero-order valence-corrected chi connectivity index (χ0v) is 18.5. The van der Waals surface area contributed by atoms with Crippen molar-refractivity contribution >= 4 is 11.9 Å². The molecule has 1 N–H and O–H groups in total. The van der Waals surface area contributed by atoms with Crippen molar-refractivity contribution < 1.29 is 31.9 Å². The number of benzene rings is 1. The number of hydrogen-bond acceptors (Lipinski definition) is 4. The van der Waals surface area contributed by atoms with E-state index in [1.807, 2.05) is 4.90 Å². The molecule has 4 heterocycles. The highest BCUT2D eigenvalue weighted by atomic mass is 19.4. The second-order valence-electron chi connectivity index (χ2n) is 9.65. The van der Waals surface area contributed by atoms with Crippen LogP contribution in [0.3, 0.4) is 0 Å². The molecule has 0 unspecified atom stereocenters. The van der Waals surface area contributed by atoms with Gasteiger partial charge in [-0.3, -0.25) is 4.79 Å². The van der Waals surface area contributed by atoms with Crippen molar-refractivity contribution in [3.05, 3.63) is 47.5 Å². The molecule has 0 radical (unpaired) electrons. The largest absolute Gasteiger partial charge is 0.419 e. The number of rotatable bonds is 2. The van der Waals surface area contributed by atoms with Crippen LogP contribution in [-0.4, -0.2) is 76.5 Å². The number of piperidine rings is 2. The summed E-state index contributed by atoms with van der Waals surface area (Å²) in [6.45, 7) is 2.23. The van der Waals surface area contributed by atoms with E-state index in [1.54, 1.807) is 17.2 Å². The van der Waals surface area contributed by atoms with Crippen LogP contribution in [0.5, 0.6) is 0 Å². The molecular weight excluding hydrogens is 470 g/mol. The van der Waals surface area contributed by atoms with Crippen molar-refractivity contribution in [1.29, 1.82) is 0 Å². The van der Waals surface area contributed by atoms with Crippen LogP contribution in [-0.2, 0) is 15.7 Å². The molecule has 1 saturated carbocycles. The second-order valence-corrected chi connectivity index (χ2v) is 9.65. The fourth-order valence-corrected chi connectivity index (χ4v) is 5.73. The second kappa shape index (κ2) is 7.94. The third-order valence-electron chi connectivity index (χ3n) is 7.53. The standard InChI is InChI=1S/C23H23F4N5O3/c24-16-2-1-12(7-15(16)23(25,26)27)32-6-3-17(29-32)21-13-8-31(9-14(13)21)22(34)30-5-4-19-18(10-30)28-20(33)11-35-19/h1-3,6-7,13-14,18-19,21H,4-5,8-11H2,(H,28,33)/t13-,14+,18-,19+,21+/m1/s1. The minimum absolute atomic E-state index is 0.0502. The van der Waals surface area contributed by atoms with E-state index in [4.69, 9.17) is 4.74 Å². The number of carbonyl (C=O) groups is 2. The Balaban J connectivity index is 1.08. The number of aromatic nitrogens is 2. The van der Waals surface area contributed by atoms with Gasteiger partial charge in [-0.2, -0.15) is 18.3 Å². The van der Waals surface area contributed by atoms with Gasteiger partial charge in [-0.15, -0.1) is 0 Å². The molecule has 6 rings (SSSR count). The fourth-order valence-electron chi connectivity index (χ4n) is 5.73. The quantitative estimate of drug-likeness (QED) is 0.652. The lowest BCUT2D eigenvalue weighted by Crippen LogP contribution is -2.62. The lowest BCUT2D eigenvalue weighted by molar-refractivity contribution is -0.140. The van der Waals surface area contributed by atoms with E-state index in [1.165, 1.54) is 10.7 Å². The van der Waals surface area contributed by atoms with Gasteiger partial charge in [-0.25, -0.2) is 13.9 Å². The summed E-state index contributed by atoms with van der Waals surface area (Å²) in [6.07, 6.45) is -2.59. The van der Waals surface area contributed by atoms with Crippen LogP contribution < -0.4 is 5.32 Å². The van der Waals surface area contributed by atoms with E-state index < -0.39 is 17.6 Å². The molecule has 35 heavy (non-hydrogen) atoms. The number of fused-ring (bicyclic) bond motifs is 2. The summed E-state index contributed by atoms with van der Waals surface area (Å²) < 4.78 is 59.6. The Morgan fingerprint density at radius 3 is 2.63 bits per heavy atom. The van der Waals surface area contributed by atoms with Gasteiger partial charge < -0.3 is 19.9 Å². The Morgan fingerprint density at radius 2 is 1.89 bits per heavy atom. The number of alkyl halides is 3. The molecule has 186 valence electrons. The maximum atomic E-state index is 13.6. The number of ether oxygens (including phenoxy) is 1. The van der Waals surface area contributed by atoms with E-state index in [0.29, 0.717) is 32.6 Å². The number of carbonyl (C=O) groups excluding carboxylic acids is 2. The number of hydrogen-bond donors (Lipinski definition) is 1. The van der Waals surface area contributed by atoms with Crippen LogP contribution in [0.25, 0.3) is 5.69 Å². The molecule has 3 amide bonds. The van der Waals surface area contributed by atoms with Crippen molar-refractivity contribution in [2.24, 2.45) is 11.8 Å². The summed E-state index contributed by atoms with van der Waals surface area (Å²) in [6, 6.07) is 4.34. The average molecular weight is 493 g/mol. The minimum Gasteiger partial charge on any atom is -0.366 e. The Hall–Kier alpha value is -3.15. The molecule has 3 saturated heterocycles. The molecule has 8 nitrogen and oxygen atoms in total. The molecule has 12 heteroatoms. The van der Waals surface area contributed by atoms with Gasteiger partial charge in [-0.05, 0) is 42.5 Å². The van der Waals surface area contributed by atoms with Crippen molar-refractivity contribution in [3.63, 3.8) is 0 Å². The van der Waals surface area contributed by atoms with Crippen LogP contribution in [0, 0.1) is 17.7 Å². The maximum absolute atomic E-state index is 13.6. The Bertz CT molecular complexity index is 1170. The normalized spacial score (nSPS) is 30.1. The molecule has 4 fully saturated rings. The number of halogens is 4. The molecule has 3 aliphatic heterocycles. The van der Waals surface area contributed by atoms with Gasteiger partial charge in [0.25, 0.3) is 0 Å². The van der Waals surface area contributed by atoms with Crippen LogP contribution in [0.2, 0.25) is 0 Å². The number of nitrogens with zero attached hydrogens (tertiary/aromatic N) is 4. The van der Waals surface area contributed by atoms with Crippen LogP contribution >= 0.6 is 0 Å². The molecule has 5 atom stereocenters. The summed E-state index contributed by atoms with van der Waals surface area (Å²) in [7, 11) is 0. The number of morpholine rings is 1. The highest BCUT2D eigenvalue weighted by Gasteiger charge is 2.58. The van der Waals surface area contributed by atoms with E-state index in [2.05, 4.69) is 10.4 Å². The molecule has 1 aliphatic carbocycles. The zero-order chi connectivity index (χ0) is 24.5. The van der Waals surface area contributed by atoms with Gasteiger partial charge in [-0.1, -0.05) is 0 Å². The van der Waals surface area contributed by atoms with Crippen molar-refractivity contribution in [2.75, 3.05) is 32.8 Å². The number of likely N-dealkylation sites (tertiary alicyclic amines) is 2. The summed E-state index contributed by atoms with van der Waals surface area (Å²) in [5, 5.41) is 7.35. The third-order valence-corrected chi connectivity index (χ3v) is 7.53. The van der Waals surface area contributed by atoms with E-state index in [9.17, 15) is 27.2 Å². The summed E-state index contributed by atoms with van der Waals surface area (Å²) >= 11 is 0. The van der Waals surface area contributed by atoms with Crippen molar-refractivity contribution in [3.8, 4) is 5.69 Å². The maximum Gasteiger partial charge on any atom is 0.419 e. The van der Waals surface area contributed by atoms with E-state index >= 15 is 0 Å². The average Bonchev–Trinajstić information content (AvgIpc) is 3.18. The summed E-state index contributed by atoms with van der Waals surface area (Å²) in [5.41, 5.74) is -0.435. The molecule has 4 aliphatic rings. The minimum atomic E-state index is -4.79. The van der Waals surface area contributed by atoms with Crippen molar-refractivity contribution in [1.82, 2.24) is 24.9 Å². The highest BCUT2D eigenvalue weighted by Crippen LogP contribution is 2.57. The van der Waals surface area contributed by atoms with Crippen LogP contribution in [0.1, 0.15) is 23.6 Å². The van der Waals surface area contributed by atoms with Gasteiger partial charge in [0.15, 0.2) is 0 Å². The van der Waals surface area contributed by atoms with Gasteiger partial charge in [0, 0.05) is 38.3 Å². The first kappa shape index (κ1) is 22.3. The first-order valence-corrected chi connectivity index (χ1v) is 11.6. The summed E-state index contributed by atoms with van der Waals surface area (Å²) in [5.74, 6) is -0.856. The molecule has 0 bridgehead atoms. The first-order chi connectivity index (χ1) is 16.7. The Morgan fingerprint density at radius 1 is 1.11 bits per heavy atom. The molecule has 2 aromatic rings. The van der Waals surface area contributed by atoms with Gasteiger partial charge in [0.1, 0.15) is 12.4 Å². The smallest absolute Gasteiger partial charge is 0.366 e. The molecular formula is C23H23F4N5O3. The Kier molecular flexibility index (Phi) is 5.06. The van der Waals surface area contributed by atoms with Gasteiger partial charge >= 0.3 is 12.2 Å². The fraction of sp³-hybridized carbons (Fsp3) is 0.522. The lowest BCUT2D eigenvalue weighted by atomic mass is 10.0. The van der Waals surface area contributed by atoms with Gasteiger partial charge in [0.05, 0.1) is 29.1 Å². The summed E-state index contributed by atoms with van der Waals surface area (Å²) in [4.78, 5) is 28.3. The predicted molar refractivity (Wildman–Crippen MR) is 113 cm³/mol. The van der Waals surface area contributed by atoms with Gasteiger partial charge in [0.2, 0.25) is 5.91 Å². The molecule has 1 aromatic heterocycles.